The summed E-state index contributed by atoms with van der Waals surface area (Å²) in [6.07, 6.45) is 0.593. The zero-order chi connectivity index (χ0) is 18.9. The number of hydrogen-bond donors (Lipinski definition) is 0. The summed E-state index contributed by atoms with van der Waals surface area (Å²) >= 11 is 1.53. The maximum atomic E-state index is 12.2. The molecule has 1 aromatic heterocycles. The van der Waals surface area contributed by atoms with Crippen molar-refractivity contribution in [2.45, 2.75) is 20.3 Å². The second kappa shape index (κ2) is 7.20. The van der Waals surface area contributed by atoms with Crippen LogP contribution >= 0.6 is 11.3 Å². The highest BCUT2D eigenvalue weighted by Gasteiger charge is 2.28. The lowest BCUT2D eigenvalue weighted by molar-refractivity contribution is 0.0474. The van der Waals surface area contributed by atoms with E-state index in [-0.39, 0.29) is 23.7 Å². The highest BCUT2D eigenvalue weighted by molar-refractivity contribution is 7.93. The quantitative estimate of drug-likeness (QED) is 0.576. The summed E-state index contributed by atoms with van der Waals surface area (Å²) in [5, 5.41) is 0. The van der Waals surface area contributed by atoms with Gasteiger partial charge >= 0.3 is 5.97 Å². The number of nitrogens with zero attached hydrogens (tertiary/aromatic N) is 1. The van der Waals surface area contributed by atoms with E-state index in [0.717, 1.165) is 9.75 Å². The Balaban J connectivity index is 1.63. The molecule has 1 aliphatic heterocycles. The topological polar surface area (TPSA) is 80.8 Å². The molecule has 0 spiro atoms. The number of anilines is 1. The summed E-state index contributed by atoms with van der Waals surface area (Å²) in [6, 6.07) is 7.97. The lowest BCUT2D eigenvalue weighted by Gasteiger charge is -2.16. The second-order valence-corrected chi connectivity index (χ2v) is 9.59. The first-order valence-corrected chi connectivity index (χ1v) is 10.6. The molecule has 3 rings (SSSR count). The molecule has 8 heteroatoms. The van der Waals surface area contributed by atoms with Crippen molar-refractivity contribution in [2.24, 2.45) is 0 Å². The van der Waals surface area contributed by atoms with Crippen LogP contribution in [-0.4, -0.2) is 39.1 Å². The highest BCUT2D eigenvalue weighted by Crippen LogP contribution is 2.24. The largest absolute Gasteiger partial charge is 0.454 e. The third-order valence-electron chi connectivity index (χ3n) is 4.17. The van der Waals surface area contributed by atoms with Gasteiger partial charge in [0.05, 0.1) is 17.0 Å². The van der Waals surface area contributed by atoms with Crippen LogP contribution in [0.25, 0.3) is 0 Å². The van der Waals surface area contributed by atoms with Gasteiger partial charge in [0.1, 0.15) is 0 Å². The van der Waals surface area contributed by atoms with E-state index in [4.69, 9.17) is 4.74 Å². The molecule has 0 amide bonds. The molecule has 0 N–H and O–H groups in total. The Hall–Kier alpha value is -2.19. The molecule has 0 radical (unpaired) electrons. The van der Waals surface area contributed by atoms with E-state index in [2.05, 4.69) is 0 Å². The molecule has 0 bridgehead atoms. The fourth-order valence-electron chi connectivity index (χ4n) is 2.89. The Labute approximate surface area is 156 Å². The fourth-order valence-corrected chi connectivity index (χ4v) is 5.40. The predicted molar refractivity (Wildman–Crippen MR) is 101 cm³/mol. The third-order valence-corrected chi connectivity index (χ3v) is 7.00. The van der Waals surface area contributed by atoms with Crippen molar-refractivity contribution in [3.8, 4) is 0 Å². The van der Waals surface area contributed by atoms with Gasteiger partial charge in [-0.05, 0) is 50.6 Å². The normalized spacial score (nSPS) is 15.8. The first-order valence-electron chi connectivity index (χ1n) is 8.16. The van der Waals surface area contributed by atoms with E-state index in [1.807, 2.05) is 13.8 Å². The van der Waals surface area contributed by atoms with E-state index in [1.54, 1.807) is 18.2 Å². The molecular formula is C18H19NO5S2. The van der Waals surface area contributed by atoms with E-state index in [0.29, 0.717) is 24.2 Å². The highest BCUT2D eigenvalue weighted by atomic mass is 32.2. The van der Waals surface area contributed by atoms with Gasteiger partial charge < -0.3 is 4.74 Å². The molecule has 1 aliphatic rings. The fraction of sp³-hybridized carbons (Fsp3) is 0.333. The second-order valence-electron chi connectivity index (χ2n) is 6.11. The van der Waals surface area contributed by atoms with Crippen molar-refractivity contribution < 1.29 is 22.7 Å². The summed E-state index contributed by atoms with van der Waals surface area (Å²) in [5.74, 6) is -0.709. The molecule has 2 heterocycles. The molecule has 0 aliphatic carbocycles. The first-order chi connectivity index (χ1) is 12.3. The zero-order valence-corrected chi connectivity index (χ0v) is 16.2. The van der Waals surface area contributed by atoms with Gasteiger partial charge in [-0.2, -0.15) is 0 Å². The maximum Gasteiger partial charge on any atom is 0.338 e. The van der Waals surface area contributed by atoms with Gasteiger partial charge in [-0.25, -0.2) is 13.2 Å². The number of hydrogen-bond acceptors (Lipinski definition) is 6. The van der Waals surface area contributed by atoms with Crippen LogP contribution in [0.5, 0.6) is 0 Å². The summed E-state index contributed by atoms with van der Waals surface area (Å²) in [5.41, 5.74) is 1.38. The molecule has 138 valence electrons. The third kappa shape index (κ3) is 3.81. The lowest BCUT2D eigenvalue weighted by atomic mass is 10.1. The minimum absolute atomic E-state index is 0.139. The van der Waals surface area contributed by atoms with Crippen LogP contribution in [0.3, 0.4) is 0 Å². The number of thiophene rings is 1. The van der Waals surface area contributed by atoms with Crippen molar-refractivity contribution in [1.82, 2.24) is 0 Å². The summed E-state index contributed by atoms with van der Waals surface area (Å²) < 4.78 is 30.3. The number of ketones is 1. The average molecular weight is 393 g/mol. The standard InChI is InChI=1S/C18H19NO5S2/c1-12-10-16(13(2)25-12)17(20)11-24-18(21)14-4-6-15(7-5-14)19-8-3-9-26(19,22)23/h4-7,10H,3,8-9,11H2,1-2H3. The first kappa shape index (κ1) is 18.6. The minimum atomic E-state index is -3.25. The summed E-state index contributed by atoms with van der Waals surface area (Å²) in [4.78, 5) is 26.2. The van der Waals surface area contributed by atoms with Crippen LogP contribution < -0.4 is 4.31 Å². The molecule has 6 nitrogen and oxygen atoms in total. The van der Waals surface area contributed by atoms with Crippen molar-refractivity contribution in [3.05, 3.63) is 51.2 Å². The Morgan fingerprint density at radius 1 is 1.19 bits per heavy atom. The number of rotatable bonds is 5. The monoisotopic (exact) mass is 393 g/mol. The Morgan fingerprint density at radius 3 is 2.42 bits per heavy atom. The number of carbonyl (C=O) groups is 2. The average Bonchev–Trinajstić information content (AvgIpc) is 3.13. The number of ether oxygens (including phenoxy) is 1. The van der Waals surface area contributed by atoms with Crippen LogP contribution in [0, 0.1) is 13.8 Å². The van der Waals surface area contributed by atoms with Crippen LogP contribution in [0.15, 0.2) is 30.3 Å². The van der Waals surface area contributed by atoms with Crippen molar-refractivity contribution in [1.29, 1.82) is 0 Å². The summed E-state index contributed by atoms with van der Waals surface area (Å²) in [7, 11) is -3.25. The lowest BCUT2D eigenvalue weighted by Crippen LogP contribution is -2.25. The smallest absolute Gasteiger partial charge is 0.338 e. The van der Waals surface area contributed by atoms with E-state index < -0.39 is 16.0 Å². The van der Waals surface area contributed by atoms with E-state index in [9.17, 15) is 18.0 Å². The molecule has 0 unspecified atom stereocenters. The van der Waals surface area contributed by atoms with Gasteiger partial charge in [-0.15, -0.1) is 11.3 Å². The Kier molecular flexibility index (Phi) is 5.15. The van der Waals surface area contributed by atoms with Gasteiger partial charge in [-0.1, -0.05) is 0 Å². The van der Waals surface area contributed by atoms with Gasteiger partial charge in [0.15, 0.2) is 6.61 Å². The predicted octanol–water partition coefficient (Wildman–Crippen LogP) is 2.94. The number of sulfonamides is 1. The number of Topliss-reactive ketones (excluding diaryl/α,β-unsaturated/α-hetero) is 1. The molecule has 1 fully saturated rings. The molecule has 1 aromatic carbocycles. The molecule has 1 saturated heterocycles. The van der Waals surface area contributed by atoms with Gasteiger partial charge in [0.25, 0.3) is 0 Å². The Bertz CT molecular complexity index is 944. The van der Waals surface area contributed by atoms with Crippen LogP contribution in [-0.2, 0) is 14.8 Å². The number of aryl methyl sites for hydroxylation is 2. The van der Waals surface area contributed by atoms with Gasteiger partial charge in [0.2, 0.25) is 15.8 Å². The number of carbonyl (C=O) groups excluding carboxylic acids is 2. The van der Waals surface area contributed by atoms with Crippen molar-refractivity contribution in [3.63, 3.8) is 0 Å². The molecule has 0 saturated carbocycles. The SMILES string of the molecule is Cc1cc(C(=O)COC(=O)c2ccc(N3CCCS3(=O)=O)cc2)c(C)s1. The maximum absolute atomic E-state index is 12.2. The van der Waals surface area contributed by atoms with Gasteiger partial charge in [0, 0.05) is 21.9 Å². The molecule has 26 heavy (non-hydrogen) atoms. The number of benzene rings is 1. The molecule has 2 aromatic rings. The van der Waals surface area contributed by atoms with Crippen molar-refractivity contribution in [2.75, 3.05) is 23.2 Å². The minimum Gasteiger partial charge on any atom is -0.454 e. The molecule has 0 atom stereocenters. The van der Waals surface area contributed by atoms with E-state index in [1.165, 1.54) is 27.8 Å². The van der Waals surface area contributed by atoms with Crippen LogP contribution in [0.4, 0.5) is 5.69 Å². The summed E-state index contributed by atoms with van der Waals surface area (Å²) in [6.45, 7) is 3.90. The Morgan fingerprint density at radius 2 is 1.88 bits per heavy atom. The van der Waals surface area contributed by atoms with Gasteiger partial charge in [-0.3, -0.25) is 9.10 Å². The van der Waals surface area contributed by atoms with Crippen LogP contribution in [0.1, 0.15) is 36.9 Å². The van der Waals surface area contributed by atoms with Crippen LogP contribution in [0.2, 0.25) is 0 Å². The number of esters is 1. The van der Waals surface area contributed by atoms with E-state index >= 15 is 0 Å². The van der Waals surface area contributed by atoms with Crippen molar-refractivity contribution >= 4 is 38.8 Å². The molecular weight excluding hydrogens is 374 g/mol. The zero-order valence-electron chi connectivity index (χ0n) is 14.5.